The van der Waals surface area contributed by atoms with Gasteiger partial charge in [-0.3, -0.25) is 14.2 Å². The molecule has 4 rings (SSSR count). The van der Waals surface area contributed by atoms with Crippen LogP contribution in [-0.2, 0) is 11.3 Å². The third kappa shape index (κ3) is 4.61. The van der Waals surface area contributed by atoms with Crippen LogP contribution >= 0.6 is 11.6 Å². The molecule has 162 valence electrons. The number of anilines is 2. The standard InChI is InChI=1S/C21H23ClN6O3/c1-13-5-7-27(8-6-13)21-23-10-15-19(26-21)24-12-28(20(15)30)11-18(29)25-14-3-4-17(31-2)16(22)9-14/h3-4,9-10,12-13H,5-8,11H2,1-2H3,(H,25,29). The van der Waals surface area contributed by atoms with Crippen molar-refractivity contribution in [3.8, 4) is 5.75 Å². The van der Waals surface area contributed by atoms with Gasteiger partial charge < -0.3 is 15.0 Å². The first kappa shape index (κ1) is 21.0. The molecule has 9 nitrogen and oxygen atoms in total. The molecule has 0 radical (unpaired) electrons. The first-order chi connectivity index (χ1) is 14.9. The van der Waals surface area contributed by atoms with E-state index < -0.39 is 0 Å². The predicted molar refractivity (Wildman–Crippen MR) is 119 cm³/mol. The number of nitrogens with one attached hydrogen (secondary N) is 1. The van der Waals surface area contributed by atoms with Gasteiger partial charge in [0.15, 0.2) is 5.65 Å². The minimum atomic E-state index is -0.385. The number of hydrogen-bond acceptors (Lipinski definition) is 7. The molecule has 1 aliphatic rings. The van der Waals surface area contributed by atoms with Crippen molar-refractivity contribution in [1.82, 2.24) is 19.5 Å². The lowest BCUT2D eigenvalue weighted by Crippen LogP contribution is -2.34. The average molecular weight is 443 g/mol. The van der Waals surface area contributed by atoms with Crippen LogP contribution in [0.1, 0.15) is 19.8 Å². The van der Waals surface area contributed by atoms with Crippen LogP contribution in [0.2, 0.25) is 5.02 Å². The minimum Gasteiger partial charge on any atom is -0.495 e. The molecule has 0 saturated carbocycles. The highest BCUT2D eigenvalue weighted by Gasteiger charge is 2.19. The highest BCUT2D eigenvalue weighted by Crippen LogP contribution is 2.27. The van der Waals surface area contributed by atoms with Crippen molar-refractivity contribution >= 4 is 40.2 Å². The van der Waals surface area contributed by atoms with Crippen LogP contribution in [0.5, 0.6) is 5.75 Å². The number of fused-ring (bicyclic) bond motifs is 1. The molecule has 0 bridgehead atoms. The second kappa shape index (κ2) is 8.89. The van der Waals surface area contributed by atoms with Gasteiger partial charge in [0.25, 0.3) is 5.56 Å². The zero-order chi connectivity index (χ0) is 22.0. The number of rotatable bonds is 5. The zero-order valence-corrected chi connectivity index (χ0v) is 18.1. The summed E-state index contributed by atoms with van der Waals surface area (Å²) in [7, 11) is 1.51. The zero-order valence-electron chi connectivity index (χ0n) is 17.3. The Kier molecular flexibility index (Phi) is 6.03. The molecule has 1 aliphatic heterocycles. The SMILES string of the molecule is COc1ccc(NC(=O)Cn2cnc3nc(N4CCC(C)CC4)ncc3c2=O)cc1Cl. The summed E-state index contributed by atoms with van der Waals surface area (Å²) in [6.45, 7) is 3.82. The Hall–Kier alpha value is -3.20. The van der Waals surface area contributed by atoms with Gasteiger partial charge in [-0.25, -0.2) is 9.97 Å². The molecule has 1 amide bonds. The maximum atomic E-state index is 12.8. The fraction of sp³-hybridized carbons (Fsp3) is 0.381. The van der Waals surface area contributed by atoms with Crippen LogP contribution in [-0.4, -0.2) is 45.6 Å². The Morgan fingerprint density at radius 1 is 1.29 bits per heavy atom. The average Bonchev–Trinajstić information content (AvgIpc) is 2.76. The van der Waals surface area contributed by atoms with Gasteiger partial charge in [0.2, 0.25) is 11.9 Å². The first-order valence-electron chi connectivity index (χ1n) is 10.0. The van der Waals surface area contributed by atoms with Gasteiger partial charge in [0.05, 0.1) is 12.1 Å². The lowest BCUT2D eigenvalue weighted by Gasteiger charge is -2.30. The molecule has 0 spiro atoms. The van der Waals surface area contributed by atoms with E-state index in [1.165, 1.54) is 24.2 Å². The van der Waals surface area contributed by atoms with E-state index in [9.17, 15) is 9.59 Å². The molecule has 10 heteroatoms. The van der Waals surface area contributed by atoms with Gasteiger partial charge in [-0.1, -0.05) is 18.5 Å². The minimum absolute atomic E-state index is 0.197. The van der Waals surface area contributed by atoms with E-state index in [2.05, 4.69) is 32.1 Å². The van der Waals surface area contributed by atoms with Gasteiger partial charge in [0.1, 0.15) is 24.0 Å². The smallest absolute Gasteiger partial charge is 0.264 e. The number of halogens is 1. The number of piperidine rings is 1. The summed E-state index contributed by atoms with van der Waals surface area (Å²) in [5, 5.41) is 3.36. The fourth-order valence-electron chi connectivity index (χ4n) is 3.52. The van der Waals surface area contributed by atoms with Gasteiger partial charge in [-0.15, -0.1) is 0 Å². The summed E-state index contributed by atoms with van der Waals surface area (Å²) in [5.41, 5.74) is 0.459. The second-order valence-electron chi connectivity index (χ2n) is 7.65. The summed E-state index contributed by atoms with van der Waals surface area (Å²) >= 11 is 6.08. The Balaban J connectivity index is 1.50. The van der Waals surface area contributed by atoms with Crippen LogP contribution in [0, 0.1) is 5.92 Å². The van der Waals surface area contributed by atoms with Crippen molar-refractivity contribution < 1.29 is 9.53 Å². The molecule has 3 heterocycles. The molecule has 3 aromatic rings. The molecule has 0 unspecified atom stereocenters. The van der Waals surface area contributed by atoms with E-state index in [0.717, 1.165) is 25.9 Å². The van der Waals surface area contributed by atoms with Crippen LogP contribution < -0.4 is 20.5 Å². The van der Waals surface area contributed by atoms with Crippen molar-refractivity contribution in [2.24, 2.45) is 5.92 Å². The molecular weight excluding hydrogens is 420 g/mol. The molecule has 0 aliphatic carbocycles. The molecular formula is C21H23ClN6O3. The van der Waals surface area contributed by atoms with Crippen molar-refractivity contribution in [2.45, 2.75) is 26.3 Å². The summed E-state index contributed by atoms with van der Waals surface area (Å²) in [4.78, 5) is 40.4. The van der Waals surface area contributed by atoms with E-state index in [1.807, 2.05) is 0 Å². The molecule has 1 fully saturated rings. The topological polar surface area (TPSA) is 102 Å². The Bertz CT molecular complexity index is 1170. The fourth-order valence-corrected chi connectivity index (χ4v) is 3.78. The molecule has 1 N–H and O–H groups in total. The largest absolute Gasteiger partial charge is 0.495 e. The number of aromatic nitrogens is 4. The van der Waals surface area contributed by atoms with Gasteiger partial charge in [-0.2, -0.15) is 4.98 Å². The molecule has 1 saturated heterocycles. The van der Waals surface area contributed by atoms with Crippen LogP contribution in [0.25, 0.3) is 11.0 Å². The Morgan fingerprint density at radius 3 is 2.77 bits per heavy atom. The van der Waals surface area contributed by atoms with E-state index in [4.69, 9.17) is 16.3 Å². The molecule has 2 aromatic heterocycles. The summed E-state index contributed by atoms with van der Waals surface area (Å²) in [6.07, 6.45) is 5.00. The Morgan fingerprint density at radius 2 is 2.06 bits per heavy atom. The highest BCUT2D eigenvalue weighted by molar-refractivity contribution is 6.32. The number of methoxy groups -OCH3 is 1. The Labute approximate surface area is 184 Å². The predicted octanol–water partition coefficient (Wildman–Crippen LogP) is 2.72. The van der Waals surface area contributed by atoms with E-state index in [0.29, 0.717) is 34.0 Å². The third-order valence-electron chi connectivity index (χ3n) is 5.38. The summed E-state index contributed by atoms with van der Waals surface area (Å²) in [6, 6.07) is 4.90. The second-order valence-corrected chi connectivity index (χ2v) is 8.06. The number of benzene rings is 1. The van der Waals surface area contributed by atoms with Gasteiger partial charge >= 0.3 is 0 Å². The number of amides is 1. The van der Waals surface area contributed by atoms with Crippen LogP contribution in [0.4, 0.5) is 11.6 Å². The molecule has 0 atom stereocenters. The summed E-state index contributed by atoms with van der Waals surface area (Å²) in [5.74, 6) is 1.40. The number of nitrogens with zero attached hydrogens (tertiary/aromatic N) is 5. The number of ether oxygens (including phenoxy) is 1. The van der Waals surface area contributed by atoms with Crippen molar-refractivity contribution in [1.29, 1.82) is 0 Å². The molecule has 31 heavy (non-hydrogen) atoms. The molecule has 1 aromatic carbocycles. The highest BCUT2D eigenvalue weighted by atomic mass is 35.5. The first-order valence-corrected chi connectivity index (χ1v) is 10.4. The lowest BCUT2D eigenvalue weighted by atomic mass is 10.00. The van der Waals surface area contributed by atoms with Gasteiger partial charge in [-0.05, 0) is 37.0 Å². The summed E-state index contributed by atoms with van der Waals surface area (Å²) < 4.78 is 6.33. The van der Waals surface area contributed by atoms with Crippen molar-refractivity contribution in [2.75, 3.05) is 30.4 Å². The van der Waals surface area contributed by atoms with Crippen molar-refractivity contribution in [3.63, 3.8) is 0 Å². The van der Waals surface area contributed by atoms with E-state index in [-0.39, 0.29) is 23.4 Å². The van der Waals surface area contributed by atoms with E-state index >= 15 is 0 Å². The number of hydrogen-bond donors (Lipinski definition) is 1. The number of carbonyl (C=O) groups is 1. The maximum Gasteiger partial charge on any atom is 0.264 e. The normalized spacial score (nSPS) is 14.6. The van der Waals surface area contributed by atoms with Gasteiger partial charge in [0, 0.05) is 25.0 Å². The number of carbonyl (C=O) groups excluding carboxylic acids is 1. The van der Waals surface area contributed by atoms with Crippen LogP contribution in [0.3, 0.4) is 0 Å². The quantitative estimate of drug-likeness (QED) is 0.648. The lowest BCUT2D eigenvalue weighted by molar-refractivity contribution is -0.116. The van der Waals surface area contributed by atoms with Crippen molar-refractivity contribution in [3.05, 3.63) is 46.1 Å². The maximum absolute atomic E-state index is 12.8. The van der Waals surface area contributed by atoms with E-state index in [1.54, 1.807) is 18.2 Å². The third-order valence-corrected chi connectivity index (χ3v) is 5.68. The monoisotopic (exact) mass is 442 g/mol. The van der Waals surface area contributed by atoms with Crippen LogP contribution in [0.15, 0.2) is 35.5 Å².